The minimum atomic E-state index is 0.366. The molecule has 1 aliphatic rings. The number of halogens is 1. The second-order valence-corrected chi connectivity index (χ2v) is 5.72. The highest BCUT2D eigenvalue weighted by Gasteiger charge is 2.22. The molecular formula is C15H23ClN2O. The molecule has 1 unspecified atom stereocenters. The lowest BCUT2D eigenvalue weighted by Gasteiger charge is -2.35. The number of hydrogen-bond acceptors (Lipinski definition) is 3. The molecule has 0 saturated carbocycles. The second-order valence-electron chi connectivity index (χ2n) is 5.28. The van der Waals surface area contributed by atoms with Crippen molar-refractivity contribution < 1.29 is 4.74 Å². The van der Waals surface area contributed by atoms with Gasteiger partial charge in [0.05, 0.1) is 13.2 Å². The van der Waals surface area contributed by atoms with E-state index in [0.717, 1.165) is 37.9 Å². The van der Waals surface area contributed by atoms with Gasteiger partial charge in [-0.25, -0.2) is 0 Å². The number of hydrogen-bond donors (Lipinski definition) is 1. The summed E-state index contributed by atoms with van der Waals surface area (Å²) in [6, 6.07) is 9.04. The van der Waals surface area contributed by atoms with Crippen LogP contribution < -0.4 is 5.32 Å². The molecule has 1 saturated heterocycles. The molecule has 0 aliphatic carbocycles. The number of nitrogens with zero attached hydrogens (tertiary/aromatic N) is 1. The zero-order chi connectivity index (χ0) is 13.7. The van der Waals surface area contributed by atoms with E-state index >= 15 is 0 Å². The number of rotatable bonds is 5. The van der Waals surface area contributed by atoms with E-state index in [1.165, 1.54) is 5.56 Å². The van der Waals surface area contributed by atoms with Crippen LogP contribution in [0.4, 0.5) is 0 Å². The van der Waals surface area contributed by atoms with E-state index in [1.54, 1.807) is 0 Å². The molecular weight excluding hydrogens is 260 g/mol. The van der Waals surface area contributed by atoms with Gasteiger partial charge in [-0.2, -0.15) is 0 Å². The molecule has 0 aromatic heterocycles. The fourth-order valence-electron chi connectivity index (χ4n) is 2.41. The lowest BCUT2D eigenvalue weighted by molar-refractivity contribution is 0.0158. The van der Waals surface area contributed by atoms with Crippen molar-refractivity contribution in [2.75, 3.05) is 32.8 Å². The zero-order valence-electron chi connectivity index (χ0n) is 11.7. The van der Waals surface area contributed by atoms with E-state index in [1.807, 2.05) is 12.1 Å². The van der Waals surface area contributed by atoms with Crippen molar-refractivity contribution in [2.24, 2.45) is 0 Å². The molecule has 2 rings (SSSR count). The highest BCUT2D eigenvalue weighted by Crippen LogP contribution is 2.24. The Balaban J connectivity index is 2.12. The molecule has 1 fully saturated rings. The minimum absolute atomic E-state index is 0.366. The van der Waals surface area contributed by atoms with Crippen molar-refractivity contribution in [1.29, 1.82) is 0 Å². The topological polar surface area (TPSA) is 24.5 Å². The lowest BCUT2D eigenvalue weighted by Crippen LogP contribution is -2.43. The van der Waals surface area contributed by atoms with E-state index in [2.05, 4.69) is 36.2 Å². The third-order valence-electron chi connectivity index (χ3n) is 3.44. The molecule has 0 radical (unpaired) electrons. The molecule has 1 aromatic carbocycles. The molecule has 1 aromatic rings. The van der Waals surface area contributed by atoms with Crippen LogP contribution in [0.1, 0.15) is 25.5 Å². The van der Waals surface area contributed by atoms with Crippen LogP contribution in [-0.2, 0) is 4.74 Å². The zero-order valence-corrected chi connectivity index (χ0v) is 12.5. The molecule has 3 nitrogen and oxygen atoms in total. The number of nitrogens with one attached hydrogen (secondary N) is 1. The first-order valence-corrected chi connectivity index (χ1v) is 7.35. The quantitative estimate of drug-likeness (QED) is 0.899. The van der Waals surface area contributed by atoms with Gasteiger partial charge in [-0.1, -0.05) is 37.6 Å². The molecule has 1 aliphatic heterocycles. The van der Waals surface area contributed by atoms with Crippen LogP contribution in [0.5, 0.6) is 0 Å². The Morgan fingerprint density at radius 3 is 2.68 bits per heavy atom. The van der Waals surface area contributed by atoms with Crippen LogP contribution in [0.25, 0.3) is 0 Å². The minimum Gasteiger partial charge on any atom is -0.379 e. The Morgan fingerprint density at radius 2 is 2.05 bits per heavy atom. The van der Waals surface area contributed by atoms with Crippen molar-refractivity contribution in [3.05, 3.63) is 34.9 Å². The standard InChI is InChI=1S/C15H23ClN2O/c1-12(2)17-11-15(18-6-8-19-9-7-18)13-4-3-5-14(16)10-13/h3-5,10,12,15,17H,6-9,11H2,1-2H3. The van der Waals surface area contributed by atoms with Gasteiger partial charge in [0, 0.05) is 36.7 Å². The third-order valence-corrected chi connectivity index (χ3v) is 3.67. The van der Waals surface area contributed by atoms with Crippen LogP contribution in [0.3, 0.4) is 0 Å². The van der Waals surface area contributed by atoms with Crippen LogP contribution in [0, 0.1) is 0 Å². The molecule has 0 spiro atoms. The van der Waals surface area contributed by atoms with Crippen molar-refractivity contribution in [1.82, 2.24) is 10.2 Å². The first-order valence-electron chi connectivity index (χ1n) is 6.97. The third kappa shape index (κ3) is 4.46. The van der Waals surface area contributed by atoms with Gasteiger partial charge in [0.2, 0.25) is 0 Å². The molecule has 1 heterocycles. The van der Waals surface area contributed by atoms with Gasteiger partial charge in [0.25, 0.3) is 0 Å². The summed E-state index contributed by atoms with van der Waals surface area (Å²) in [6.45, 7) is 8.89. The van der Waals surface area contributed by atoms with Gasteiger partial charge in [-0.05, 0) is 17.7 Å². The van der Waals surface area contributed by atoms with Crippen LogP contribution in [-0.4, -0.2) is 43.8 Å². The van der Waals surface area contributed by atoms with Gasteiger partial charge < -0.3 is 10.1 Å². The predicted molar refractivity (Wildman–Crippen MR) is 79.7 cm³/mol. The van der Waals surface area contributed by atoms with E-state index in [-0.39, 0.29) is 0 Å². The SMILES string of the molecule is CC(C)NCC(c1cccc(Cl)c1)N1CCOCC1. The van der Waals surface area contributed by atoms with Crippen molar-refractivity contribution in [2.45, 2.75) is 25.9 Å². The van der Waals surface area contributed by atoms with Crippen molar-refractivity contribution in [3.63, 3.8) is 0 Å². The summed E-state index contributed by atoms with van der Waals surface area (Å²) in [6.07, 6.45) is 0. The first kappa shape index (κ1) is 14.8. The molecule has 0 amide bonds. The Labute approximate surface area is 120 Å². The van der Waals surface area contributed by atoms with E-state index in [0.29, 0.717) is 12.1 Å². The van der Waals surface area contributed by atoms with E-state index in [4.69, 9.17) is 16.3 Å². The molecule has 0 bridgehead atoms. The lowest BCUT2D eigenvalue weighted by atomic mass is 10.0. The highest BCUT2D eigenvalue weighted by atomic mass is 35.5. The summed E-state index contributed by atoms with van der Waals surface area (Å²) in [4.78, 5) is 2.48. The van der Waals surface area contributed by atoms with Crippen molar-refractivity contribution in [3.8, 4) is 0 Å². The Hall–Kier alpha value is -0.610. The average Bonchev–Trinajstić information content (AvgIpc) is 2.40. The maximum Gasteiger partial charge on any atom is 0.0594 e. The fourth-order valence-corrected chi connectivity index (χ4v) is 2.61. The van der Waals surface area contributed by atoms with Gasteiger partial charge in [-0.15, -0.1) is 0 Å². The van der Waals surface area contributed by atoms with Crippen LogP contribution in [0.2, 0.25) is 5.02 Å². The summed E-state index contributed by atoms with van der Waals surface area (Å²) in [5.74, 6) is 0. The Bertz CT molecular complexity index is 391. The maximum absolute atomic E-state index is 6.13. The molecule has 19 heavy (non-hydrogen) atoms. The summed E-state index contributed by atoms with van der Waals surface area (Å²) < 4.78 is 5.45. The number of ether oxygens (including phenoxy) is 1. The smallest absolute Gasteiger partial charge is 0.0594 e. The van der Waals surface area contributed by atoms with Gasteiger partial charge in [0.1, 0.15) is 0 Å². The normalized spacial score (nSPS) is 18.7. The molecule has 1 atom stereocenters. The monoisotopic (exact) mass is 282 g/mol. The predicted octanol–water partition coefficient (Wildman–Crippen LogP) is 2.71. The fraction of sp³-hybridized carbons (Fsp3) is 0.600. The summed E-state index contributed by atoms with van der Waals surface area (Å²) in [7, 11) is 0. The second kappa shape index (κ2) is 7.25. The number of morpholine rings is 1. The summed E-state index contributed by atoms with van der Waals surface area (Å²) in [5.41, 5.74) is 1.28. The molecule has 1 N–H and O–H groups in total. The van der Waals surface area contributed by atoms with Crippen LogP contribution >= 0.6 is 11.6 Å². The van der Waals surface area contributed by atoms with Gasteiger partial charge in [-0.3, -0.25) is 4.90 Å². The Morgan fingerprint density at radius 1 is 1.32 bits per heavy atom. The van der Waals surface area contributed by atoms with E-state index in [9.17, 15) is 0 Å². The summed E-state index contributed by atoms with van der Waals surface area (Å²) >= 11 is 6.13. The first-order chi connectivity index (χ1) is 9.16. The van der Waals surface area contributed by atoms with Crippen LogP contribution in [0.15, 0.2) is 24.3 Å². The summed E-state index contributed by atoms with van der Waals surface area (Å²) in [5, 5.41) is 4.34. The Kier molecular flexibility index (Phi) is 5.64. The van der Waals surface area contributed by atoms with Crippen molar-refractivity contribution >= 4 is 11.6 Å². The van der Waals surface area contributed by atoms with E-state index < -0.39 is 0 Å². The molecule has 4 heteroatoms. The number of benzene rings is 1. The van der Waals surface area contributed by atoms with Gasteiger partial charge in [0.15, 0.2) is 0 Å². The maximum atomic E-state index is 6.13. The average molecular weight is 283 g/mol. The van der Waals surface area contributed by atoms with Gasteiger partial charge >= 0.3 is 0 Å². The molecule has 106 valence electrons. The largest absolute Gasteiger partial charge is 0.379 e. The highest BCUT2D eigenvalue weighted by molar-refractivity contribution is 6.30.